The van der Waals surface area contributed by atoms with Crippen LogP contribution in [0.3, 0.4) is 0 Å². The van der Waals surface area contributed by atoms with Gasteiger partial charge in [0.05, 0.1) is 23.7 Å². The Morgan fingerprint density at radius 2 is 1.46 bits per heavy atom. The van der Waals surface area contributed by atoms with Crippen LogP contribution in [-0.2, 0) is 0 Å². The summed E-state index contributed by atoms with van der Waals surface area (Å²) in [5.41, 5.74) is 4.73. The van der Waals surface area contributed by atoms with Crippen molar-refractivity contribution in [3.8, 4) is 22.0 Å². The lowest BCUT2D eigenvalue weighted by atomic mass is 9.96. The maximum Gasteiger partial charge on any atom is 0.272 e. The third kappa shape index (κ3) is 5.24. The van der Waals surface area contributed by atoms with Crippen molar-refractivity contribution in [3.63, 3.8) is 0 Å². The van der Waals surface area contributed by atoms with E-state index in [1.807, 2.05) is 52.7 Å². The number of carbonyl (C=O) groups is 1. The van der Waals surface area contributed by atoms with Gasteiger partial charge in [0, 0.05) is 26.2 Å². The first-order chi connectivity index (χ1) is 19.2. The van der Waals surface area contributed by atoms with E-state index in [4.69, 9.17) is 9.84 Å². The van der Waals surface area contributed by atoms with Gasteiger partial charge in [0.2, 0.25) is 0 Å². The average Bonchev–Trinajstić information content (AvgIpc) is 3.70. The molecule has 6 rings (SSSR count). The van der Waals surface area contributed by atoms with Gasteiger partial charge >= 0.3 is 0 Å². The van der Waals surface area contributed by atoms with Crippen LogP contribution in [0.15, 0.2) is 109 Å². The molecule has 0 spiro atoms. The lowest BCUT2D eigenvalue weighted by Crippen LogP contribution is -2.50. The highest BCUT2D eigenvalue weighted by molar-refractivity contribution is 7.13. The molecule has 1 aliphatic heterocycles. The van der Waals surface area contributed by atoms with Gasteiger partial charge < -0.3 is 9.64 Å². The van der Waals surface area contributed by atoms with Crippen LogP contribution < -0.4 is 4.74 Å². The van der Waals surface area contributed by atoms with E-state index in [9.17, 15) is 4.79 Å². The number of piperazine rings is 1. The first-order valence-corrected chi connectivity index (χ1v) is 14.0. The summed E-state index contributed by atoms with van der Waals surface area (Å²) in [6.07, 6.45) is 0. The number of hydrogen-bond donors (Lipinski definition) is 0. The van der Waals surface area contributed by atoms with E-state index >= 15 is 0 Å². The summed E-state index contributed by atoms with van der Waals surface area (Å²) in [5, 5.41) is 6.87. The SMILES string of the molecule is COc1ccc(-n2nc(-c3cccs3)cc2C(=O)N2CCN(C(c3ccccc3)c3ccccc3)CC2)cc1. The molecule has 0 radical (unpaired) electrons. The van der Waals surface area contributed by atoms with Gasteiger partial charge in [0.1, 0.15) is 17.1 Å². The highest BCUT2D eigenvalue weighted by Gasteiger charge is 2.30. The molecule has 0 unspecified atom stereocenters. The van der Waals surface area contributed by atoms with Crippen molar-refractivity contribution >= 4 is 17.2 Å². The van der Waals surface area contributed by atoms with Gasteiger partial charge in [-0.1, -0.05) is 66.7 Å². The third-order valence-corrected chi connectivity index (χ3v) is 8.11. The fourth-order valence-corrected chi connectivity index (χ4v) is 5.91. The molecule has 0 atom stereocenters. The Bertz CT molecular complexity index is 1470. The molecule has 196 valence electrons. The lowest BCUT2D eigenvalue weighted by molar-refractivity contribution is 0.0589. The number of amides is 1. The highest BCUT2D eigenvalue weighted by atomic mass is 32.1. The minimum atomic E-state index is -0.00301. The van der Waals surface area contributed by atoms with Gasteiger partial charge in [-0.2, -0.15) is 5.10 Å². The molecular formula is C32H30N4O2S. The fraction of sp³-hybridized carbons (Fsp3) is 0.188. The summed E-state index contributed by atoms with van der Waals surface area (Å²) in [7, 11) is 1.65. The van der Waals surface area contributed by atoms with Crippen LogP contribution in [0.5, 0.6) is 5.75 Å². The zero-order valence-corrected chi connectivity index (χ0v) is 22.6. The van der Waals surface area contributed by atoms with Crippen LogP contribution in [0, 0.1) is 0 Å². The number of aromatic nitrogens is 2. The lowest BCUT2D eigenvalue weighted by Gasteiger charge is -2.39. The summed E-state index contributed by atoms with van der Waals surface area (Å²) in [6, 6.07) is 35.0. The highest BCUT2D eigenvalue weighted by Crippen LogP contribution is 2.31. The van der Waals surface area contributed by atoms with Crippen molar-refractivity contribution in [1.82, 2.24) is 19.6 Å². The van der Waals surface area contributed by atoms with E-state index in [2.05, 4.69) is 65.6 Å². The van der Waals surface area contributed by atoms with Crippen LogP contribution in [0.4, 0.5) is 0 Å². The van der Waals surface area contributed by atoms with Crippen molar-refractivity contribution in [2.45, 2.75) is 6.04 Å². The predicted octanol–water partition coefficient (Wildman–Crippen LogP) is 6.16. The van der Waals surface area contributed by atoms with Gasteiger partial charge in [-0.05, 0) is 52.9 Å². The standard InChI is InChI=1S/C32H30N4O2S/c1-38-27-16-14-26(15-17-27)36-29(23-28(33-36)30-13-8-22-39-30)32(37)35-20-18-34(19-21-35)31(24-9-4-2-5-10-24)25-11-6-3-7-12-25/h2-17,22-23,31H,18-21H2,1H3. The summed E-state index contributed by atoms with van der Waals surface area (Å²) >= 11 is 1.62. The molecule has 3 aromatic carbocycles. The fourth-order valence-electron chi connectivity index (χ4n) is 5.23. The van der Waals surface area contributed by atoms with E-state index in [0.29, 0.717) is 18.8 Å². The number of methoxy groups -OCH3 is 1. The molecule has 1 fully saturated rings. The van der Waals surface area contributed by atoms with Crippen molar-refractivity contribution in [2.75, 3.05) is 33.3 Å². The maximum absolute atomic E-state index is 13.9. The largest absolute Gasteiger partial charge is 0.497 e. The molecule has 1 amide bonds. The maximum atomic E-state index is 13.9. The Morgan fingerprint density at radius 1 is 0.821 bits per heavy atom. The van der Waals surface area contributed by atoms with Crippen LogP contribution in [0.25, 0.3) is 16.3 Å². The van der Waals surface area contributed by atoms with Crippen LogP contribution in [0.1, 0.15) is 27.7 Å². The van der Waals surface area contributed by atoms with Crippen molar-refractivity contribution < 1.29 is 9.53 Å². The normalized spacial score (nSPS) is 14.1. The summed E-state index contributed by atoms with van der Waals surface area (Å²) in [6.45, 7) is 2.87. The van der Waals surface area contributed by atoms with E-state index in [0.717, 1.165) is 35.1 Å². The molecule has 0 saturated carbocycles. The third-order valence-electron chi connectivity index (χ3n) is 7.22. The molecule has 1 aliphatic rings. The second kappa shape index (κ2) is 11.3. The molecule has 5 aromatic rings. The molecule has 3 heterocycles. The first kappa shape index (κ1) is 25.1. The molecule has 1 saturated heterocycles. The zero-order valence-electron chi connectivity index (χ0n) is 21.8. The molecule has 2 aromatic heterocycles. The smallest absolute Gasteiger partial charge is 0.272 e. The number of nitrogens with zero attached hydrogens (tertiary/aromatic N) is 4. The minimum Gasteiger partial charge on any atom is -0.497 e. The second-order valence-corrected chi connectivity index (χ2v) is 10.5. The second-order valence-electron chi connectivity index (χ2n) is 9.55. The van der Waals surface area contributed by atoms with Gasteiger partial charge in [0.15, 0.2) is 0 Å². The number of hydrogen-bond acceptors (Lipinski definition) is 5. The molecule has 0 N–H and O–H groups in total. The molecular weight excluding hydrogens is 504 g/mol. The minimum absolute atomic E-state index is 0.00301. The van der Waals surface area contributed by atoms with Crippen LogP contribution >= 0.6 is 11.3 Å². The van der Waals surface area contributed by atoms with Gasteiger partial charge in [0.25, 0.3) is 5.91 Å². The quantitative estimate of drug-likeness (QED) is 0.251. The molecule has 39 heavy (non-hydrogen) atoms. The Hall–Kier alpha value is -4.20. The summed E-state index contributed by atoms with van der Waals surface area (Å²) in [5.74, 6) is 0.761. The van der Waals surface area contributed by atoms with Crippen molar-refractivity contribution in [1.29, 1.82) is 0 Å². The Balaban J connectivity index is 1.26. The first-order valence-electron chi connectivity index (χ1n) is 13.1. The van der Waals surface area contributed by atoms with E-state index < -0.39 is 0 Å². The summed E-state index contributed by atoms with van der Waals surface area (Å²) in [4.78, 5) is 19.4. The van der Waals surface area contributed by atoms with Gasteiger partial charge in [-0.25, -0.2) is 4.68 Å². The van der Waals surface area contributed by atoms with E-state index in [1.54, 1.807) is 23.1 Å². The Kier molecular flexibility index (Phi) is 7.25. The van der Waals surface area contributed by atoms with Gasteiger partial charge in [-0.15, -0.1) is 11.3 Å². The number of benzene rings is 3. The Labute approximate surface area is 232 Å². The number of carbonyl (C=O) groups excluding carboxylic acids is 1. The molecule has 7 heteroatoms. The van der Waals surface area contributed by atoms with E-state index in [1.165, 1.54) is 11.1 Å². The van der Waals surface area contributed by atoms with Crippen molar-refractivity contribution in [3.05, 3.63) is 125 Å². The van der Waals surface area contributed by atoms with Crippen LogP contribution in [-0.4, -0.2) is 58.8 Å². The van der Waals surface area contributed by atoms with Crippen molar-refractivity contribution in [2.24, 2.45) is 0 Å². The number of ether oxygens (including phenoxy) is 1. The number of rotatable bonds is 7. The average molecular weight is 535 g/mol. The number of thiophene rings is 1. The van der Waals surface area contributed by atoms with E-state index in [-0.39, 0.29) is 11.9 Å². The van der Waals surface area contributed by atoms with Crippen LogP contribution in [0.2, 0.25) is 0 Å². The topological polar surface area (TPSA) is 50.6 Å². The Morgan fingerprint density at radius 3 is 2.03 bits per heavy atom. The zero-order chi connectivity index (χ0) is 26.6. The summed E-state index contributed by atoms with van der Waals surface area (Å²) < 4.78 is 7.09. The molecule has 0 aliphatic carbocycles. The monoisotopic (exact) mass is 534 g/mol. The molecule has 0 bridgehead atoms. The predicted molar refractivity (Wildman–Crippen MR) is 156 cm³/mol. The molecule has 6 nitrogen and oxygen atoms in total. The van der Waals surface area contributed by atoms with Gasteiger partial charge in [-0.3, -0.25) is 9.69 Å².